The second-order valence-electron chi connectivity index (χ2n) is 9.38. The third kappa shape index (κ3) is 3.72. The molecule has 3 unspecified atom stereocenters. The first-order chi connectivity index (χ1) is 16.4. The number of nitrogens with one attached hydrogen (secondary N) is 1. The number of rotatable bonds is 5. The Balaban J connectivity index is 1.31. The highest BCUT2D eigenvalue weighted by atomic mass is 16.6. The average Bonchev–Trinajstić information content (AvgIpc) is 3.54. The molecule has 3 atom stereocenters. The summed E-state index contributed by atoms with van der Waals surface area (Å²) >= 11 is 0. The van der Waals surface area contributed by atoms with Crippen LogP contribution >= 0.6 is 0 Å². The van der Waals surface area contributed by atoms with Gasteiger partial charge in [0, 0.05) is 25.5 Å². The van der Waals surface area contributed by atoms with Crippen LogP contribution in [0.2, 0.25) is 0 Å². The van der Waals surface area contributed by atoms with Crippen LogP contribution in [0.4, 0.5) is 4.79 Å². The standard InChI is InChI=1S/C26H28N2O6/c1-16-10-12-28(22(16)23(29)30)24(31)26(11-13-33-15-26)27-25(32)34-14-21-19-8-4-2-6-17(19)18-7-3-5-9-20(18)21/h2-9,16,21-22H,10-15H2,1H3,(H,27,32)(H,29,30). The van der Waals surface area contributed by atoms with E-state index in [1.54, 1.807) is 0 Å². The zero-order valence-corrected chi connectivity index (χ0v) is 19.0. The Hall–Kier alpha value is -3.39. The number of carboxylic acid groups (broad SMARTS) is 1. The molecule has 2 aromatic carbocycles. The minimum Gasteiger partial charge on any atom is -0.480 e. The largest absolute Gasteiger partial charge is 0.480 e. The Morgan fingerprint density at radius 2 is 1.76 bits per heavy atom. The molecule has 178 valence electrons. The first-order valence-electron chi connectivity index (χ1n) is 11.7. The molecule has 2 heterocycles. The summed E-state index contributed by atoms with van der Waals surface area (Å²) in [5.41, 5.74) is 3.14. The van der Waals surface area contributed by atoms with E-state index in [1.165, 1.54) is 4.90 Å². The van der Waals surface area contributed by atoms with Gasteiger partial charge in [-0.15, -0.1) is 0 Å². The molecular formula is C26H28N2O6. The van der Waals surface area contributed by atoms with Crippen LogP contribution in [0.5, 0.6) is 0 Å². The van der Waals surface area contributed by atoms with Gasteiger partial charge in [-0.2, -0.15) is 0 Å². The molecule has 2 fully saturated rings. The molecule has 5 rings (SSSR count). The first-order valence-corrected chi connectivity index (χ1v) is 11.7. The van der Waals surface area contributed by atoms with Crippen LogP contribution in [0, 0.1) is 5.92 Å². The highest BCUT2D eigenvalue weighted by Crippen LogP contribution is 2.44. The number of hydrogen-bond acceptors (Lipinski definition) is 5. The Labute approximate surface area is 197 Å². The molecule has 34 heavy (non-hydrogen) atoms. The SMILES string of the molecule is CC1CCN(C(=O)C2(NC(=O)OCC3c4ccccc4-c4ccccc43)CCOC2)C1C(=O)O. The third-order valence-electron chi connectivity index (χ3n) is 7.33. The molecule has 0 spiro atoms. The van der Waals surface area contributed by atoms with Gasteiger partial charge in [-0.05, 0) is 34.6 Å². The van der Waals surface area contributed by atoms with Crippen molar-refractivity contribution in [3.05, 3.63) is 59.7 Å². The molecule has 2 aromatic rings. The molecule has 3 aliphatic rings. The van der Waals surface area contributed by atoms with Crippen LogP contribution in [-0.4, -0.2) is 65.9 Å². The number of hydrogen-bond donors (Lipinski definition) is 2. The molecular weight excluding hydrogens is 436 g/mol. The normalized spacial score (nSPS) is 25.6. The van der Waals surface area contributed by atoms with E-state index in [2.05, 4.69) is 17.4 Å². The van der Waals surface area contributed by atoms with E-state index in [0.717, 1.165) is 22.3 Å². The summed E-state index contributed by atoms with van der Waals surface area (Å²) in [6, 6.07) is 15.2. The Morgan fingerprint density at radius 1 is 1.12 bits per heavy atom. The lowest BCUT2D eigenvalue weighted by atomic mass is 9.95. The van der Waals surface area contributed by atoms with Crippen molar-refractivity contribution in [3.8, 4) is 11.1 Å². The van der Waals surface area contributed by atoms with Crippen LogP contribution in [0.1, 0.15) is 36.8 Å². The minimum atomic E-state index is -1.32. The number of aliphatic carboxylic acids is 1. The zero-order chi connectivity index (χ0) is 23.9. The van der Waals surface area contributed by atoms with Gasteiger partial charge in [0.15, 0.2) is 0 Å². The summed E-state index contributed by atoms with van der Waals surface area (Å²) in [6.07, 6.45) is 0.164. The number of fused-ring (bicyclic) bond motifs is 3. The van der Waals surface area contributed by atoms with Crippen LogP contribution in [0.15, 0.2) is 48.5 Å². The second kappa shape index (κ2) is 8.76. The fraction of sp³-hybridized carbons (Fsp3) is 0.423. The van der Waals surface area contributed by atoms with Crippen LogP contribution in [-0.2, 0) is 19.1 Å². The fourth-order valence-electron chi connectivity index (χ4n) is 5.54. The van der Waals surface area contributed by atoms with Crippen molar-refractivity contribution in [1.29, 1.82) is 0 Å². The van der Waals surface area contributed by atoms with Gasteiger partial charge in [0.25, 0.3) is 5.91 Å². The monoisotopic (exact) mass is 464 g/mol. The lowest BCUT2D eigenvalue weighted by molar-refractivity contribution is -0.152. The first kappa shape index (κ1) is 22.4. The summed E-state index contributed by atoms with van der Waals surface area (Å²) in [5.74, 6) is -1.71. The van der Waals surface area contributed by atoms with E-state index in [9.17, 15) is 19.5 Å². The molecule has 0 aromatic heterocycles. The van der Waals surface area contributed by atoms with Gasteiger partial charge in [0.05, 0.1) is 6.61 Å². The van der Waals surface area contributed by atoms with Gasteiger partial charge < -0.3 is 24.8 Å². The molecule has 0 bridgehead atoms. The fourth-order valence-corrected chi connectivity index (χ4v) is 5.54. The Bertz CT molecular complexity index is 1080. The van der Waals surface area contributed by atoms with Gasteiger partial charge in [-0.25, -0.2) is 9.59 Å². The van der Waals surface area contributed by atoms with Crippen molar-refractivity contribution in [2.24, 2.45) is 5.92 Å². The van der Waals surface area contributed by atoms with Crippen LogP contribution < -0.4 is 5.32 Å². The summed E-state index contributed by atoms with van der Waals surface area (Å²) in [6.45, 7) is 2.58. The lowest BCUT2D eigenvalue weighted by Gasteiger charge is -2.34. The summed E-state index contributed by atoms with van der Waals surface area (Å²) < 4.78 is 11.1. The molecule has 2 saturated heterocycles. The van der Waals surface area contributed by atoms with Crippen LogP contribution in [0.25, 0.3) is 11.1 Å². The van der Waals surface area contributed by atoms with Gasteiger partial charge in [-0.3, -0.25) is 4.79 Å². The van der Waals surface area contributed by atoms with Gasteiger partial charge in [0.1, 0.15) is 18.2 Å². The molecule has 8 heteroatoms. The Kier molecular flexibility index (Phi) is 5.77. The number of carboxylic acids is 1. The van der Waals surface area contributed by atoms with E-state index < -0.39 is 29.6 Å². The van der Waals surface area contributed by atoms with Gasteiger partial charge in [0.2, 0.25) is 0 Å². The smallest absolute Gasteiger partial charge is 0.408 e. The number of nitrogens with zero attached hydrogens (tertiary/aromatic N) is 1. The minimum absolute atomic E-state index is 0.00670. The van der Waals surface area contributed by atoms with E-state index in [0.29, 0.717) is 19.6 Å². The summed E-state index contributed by atoms with van der Waals surface area (Å²) in [4.78, 5) is 39.5. The van der Waals surface area contributed by atoms with E-state index >= 15 is 0 Å². The molecule has 0 saturated carbocycles. The molecule has 1 aliphatic carbocycles. The van der Waals surface area contributed by atoms with Crippen molar-refractivity contribution in [2.75, 3.05) is 26.4 Å². The molecule has 0 radical (unpaired) electrons. The molecule has 2 N–H and O–H groups in total. The number of benzene rings is 2. The number of likely N-dealkylation sites (tertiary alicyclic amines) is 1. The van der Waals surface area contributed by atoms with E-state index in [4.69, 9.17) is 9.47 Å². The lowest BCUT2D eigenvalue weighted by Crippen LogP contribution is -2.62. The van der Waals surface area contributed by atoms with Crippen LogP contribution in [0.3, 0.4) is 0 Å². The number of carbonyl (C=O) groups is 3. The highest BCUT2D eigenvalue weighted by Gasteiger charge is 2.51. The quantitative estimate of drug-likeness (QED) is 0.705. The van der Waals surface area contributed by atoms with Gasteiger partial charge in [-0.1, -0.05) is 55.5 Å². The van der Waals surface area contributed by atoms with Crippen molar-refractivity contribution >= 4 is 18.0 Å². The average molecular weight is 465 g/mol. The number of ether oxygens (including phenoxy) is 2. The van der Waals surface area contributed by atoms with Crippen molar-refractivity contribution in [3.63, 3.8) is 0 Å². The summed E-state index contributed by atoms with van der Waals surface area (Å²) in [7, 11) is 0. The van der Waals surface area contributed by atoms with Crippen molar-refractivity contribution < 1.29 is 29.0 Å². The van der Waals surface area contributed by atoms with E-state index in [-0.39, 0.29) is 31.5 Å². The topological polar surface area (TPSA) is 105 Å². The van der Waals surface area contributed by atoms with E-state index in [1.807, 2.05) is 43.3 Å². The van der Waals surface area contributed by atoms with Crippen molar-refractivity contribution in [1.82, 2.24) is 10.2 Å². The second-order valence-corrected chi connectivity index (χ2v) is 9.38. The molecule has 2 aliphatic heterocycles. The maximum atomic E-state index is 13.5. The number of amides is 2. The maximum Gasteiger partial charge on any atom is 0.408 e. The number of alkyl carbamates (subject to hydrolysis) is 1. The highest BCUT2D eigenvalue weighted by molar-refractivity contribution is 5.93. The predicted molar refractivity (Wildman–Crippen MR) is 123 cm³/mol. The van der Waals surface area contributed by atoms with Crippen molar-refractivity contribution in [2.45, 2.75) is 37.3 Å². The zero-order valence-electron chi connectivity index (χ0n) is 19.0. The molecule has 8 nitrogen and oxygen atoms in total. The third-order valence-corrected chi connectivity index (χ3v) is 7.33. The maximum absolute atomic E-state index is 13.5. The number of carbonyl (C=O) groups excluding carboxylic acids is 2. The van der Waals surface area contributed by atoms with Gasteiger partial charge >= 0.3 is 12.1 Å². The molecule has 2 amide bonds. The predicted octanol–water partition coefficient (Wildman–Crippen LogP) is 3.01. The summed E-state index contributed by atoms with van der Waals surface area (Å²) in [5, 5.41) is 12.4. The Morgan fingerprint density at radius 3 is 2.35 bits per heavy atom.